The van der Waals surface area contributed by atoms with E-state index < -0.39 is 0 Å². The molecule has 0 saturated carbocycles. The second kappa shape index (κ2) is 4.98. The molecule has 0 aliphatic heterocycles. The van der Waals surface area contributed by atoms with Crippen LogP contribution >= 0.6 is 0 Å². The smallest absolute Gasteiger partial charge is 0.0720 e. The van der Waals surface area contributed by atoms with E-state index in [1.54, 1.807) is 0 Å². The van der Waals surface area contributed by atoms with Gasteiger partial charge in [0.1, 0.15) is 0 Å². The van der Waals surface area contributed by atoms with Crippen molar-refractivity contribution in [2.45, 2.75) is 13.3 Å². The summed E-state index contributed by atoms with van der Waals surface area (Å²) in [6, 6.07) is 6.29. The van der Waals surface area contributed by atoms with Crippen LogP contribution in [0.4, 0.5) is 5.69 Å². The SMILES string of the molecule is Cc1cccc(N(C)C)c1CCON. The number of hydrogen-bond acceptors (Lipinski definition) is 3. The monoisotopic (exact) mass is 194 g/mol. The van der Waals surface area contributed by atoms with Crippen molar-refractivity contribution in [3.8, 4) is 0 Å². The van der Waals surface area contributed by atoms with Crippen molar-refractivity contribution in [1.29, 1.82) is 0 Å². The quantitative estimate of drug-likeness (QED) is 0.738. The molecule has 0 heterocycles. The highest BCUT2D eigenvalue weighted by Crippen LogP contribution is 2.22. The van der Waals surface area contributed by atoms with Gasteiger partial charge in [0, 0.05) is 26.2 Å². The molecule has 1 aromatic rings. The molecule has 1 aromatic carbocycles. The maximum absolute atomic E-state index is 5.04. The van der Waals surface area contributed by atoms with Crippen molar-refractivity contribution in [2.24, 2.45) is 5.90 Å². The molecule has 0 radical (unpaired) electrons. The van der Waals surface area contributed by atoms with Gasteiger partial charge >= 0.3 is 0 Å². The molecule has 0 aliphatic carbocycles. The third-order valence-electron chi connectivity index (χ3n) is 2.34. The summed E-state index contributed by atoms with van der Waals surface area (Å²) in [5.41, 5.74) is 3.83. The van der Waals surface area contributed by atoms with Crippen LogP contribution in [-0.4, -0.2) is 20.7 Å². The fourth-order valence-electron chi connectivity index (χ4n) is 1.59. The Kier molecular flexibility index (Phi) is 3.92. The zero-order chi connectivity index (χ0) is 10.6. The summed E-state index contributed by atoms with van der Waals surface area (Å²) in [6.45, 7) is 2.67. The van der Waals surface area contributed by atoms with E-state index in [1.165, 1.54) is 16.8 Å². The fraction of sp³-hybridized carbons (Fsp3) is 0.455. The Hall–Kier alpha value is -1.06. The van der Waals surface area contributed by atoms with Crippen LogP contribution in [0.2, 0.25) is 0 Å². The molecule has 0 spiro atoms. The lowest BCUT2D eigenvalue weighted by molar-refractivity contribution is 0.141. The molecule has 0 amide bonds. The average Bonchev–Trinajstić information content (AvgIpc) is 2.15. The third kappa shape index (κ3) is 2.47. The van der Waals surface area contributed by atoms with Gasteiger partial charge in [-0.25, -0.2) is 5.90 Å². The zero-order valence-electron chi connectivity index (χ0n) is 9.08. The van der Waals surface area contributed by atoms with Gasteiger partial charge < -0.3 is 9.74 Å². The van der Waals surface area contributed by atoms with Gasteiger partial charge in [-0.2, -0.15) is 0 Å². The minimum Gasteiger partial charge on any atom is -0.377 e. The lowest BCUT2D eigenvalue weighted by atomic mass is 10.0. The summed E-state index contributed by atoms with van der Waals surface area (Å²) in [6.07, 6.45) is 0.858. The van der Waals surface area contributed by atoms with Gasteiger partial charge in [0.05, 0.1) is 6.61 Å². The molecule has 78 valence electrons. The van der Waals surface area contributed by atoms with Crippen LogP contribution in [0.1, 0.15) is 11.1 Å². The van der Waals surface area contributed by atoms with E-state index in [-0.39, 0.29) is 0 Å². The largest absolute Gasteiger partial charge is 0.377 e. The van der Waals surface area contributed by atoms with Crippen molar-refractivity contribution in [3.05, 3.63) is 29.3 Å². The van der Waals surface area contributed by atoms with Gasteiger partial charge in [0.2, 0.25) is 0 Å². The lowest BCUT2D eigenvalue weighted by Gasteiger charge is -2.19. The first kappa shape index (κ1) is 11.0. The second-order valence-corrected chi connectivity index (χ2v) is 3.59. The minimum atomic E-state index is 0.561. The summed E-state index contributed by atoms with van der Waals surface area (Å²) in [7, 11) is 4.09. The highest BCUT2D eigenvalue weighted by Gasteiger charge is 2.06. The first-order chi connectivity index (χ1) is 6.66. The van der Waals surface area contributed by atoms with Crippen LogP contribution < -0.4 is 10.8 Å². The zero-order valence-corrected chi connectivity index (χ0v) is 9.08. The predicted molar refractivity (Wildman–Crippen MR) is 59.3 cm³/mol. The molecule has 0 aromatic heterocycles. The molecule has 0 fully saturated rings. The topological polar surface area (TPSA) is 38.5 Å². The Morgan fingerprint density at radius 3 is 2.64 bits per heavy atom. The lowest BCUT2D eigenvalue weighted by Crippen LogP contribution is -2.14. The molecule has 3 nitrogen and oxygen atoms in total. The van der Waals surface area contributed by atoms with Gasteiger partial charge in [0.25, 0.3) is 0 Å². The first-order valence-electron chi connectivity index (χ1n) is 4.74. The van der Waals surface area contributed by atoms with Crippen molar-refractivity contribution in [1.82, 2.24) is 0 Å². The third-order valence-corrected chi connectivity index (χ3v) is 2.34. The Balaban J connectivity index is 2.96. The van der Waals surface area contributed by atoms with E-state index >= 15 is 0 Å². The highest BCUT2D eigenvalue weighted by molar-refractivity contribution is 5.55. The number of benzene rings is 1. The Bertz CT molecular complexity index is 297. The molecule has 0 saturated heterocycles. The highest BCUT2D eigenvalue weighted by atomic mass is 16.6. The van der Waals surface area contributed by atoms with E-state index in [1.807, 2.05) is 14.1 Å². The van der Waals surface area contributed by atoms with Crippen LogP contribution in [0.5, 0.6) is 0 Å². The van der Waals surface area contributed by atoms with E-state index in [0.717, 1.165) is 6.42 Å². The van der Waals surface area contributed by atoms with Gasteiger partial charge in [-0.15, -0.1) is 0 Å². The van der Waals surface area contributed by atoms with Crippen LogP contribution in [-0.2, 0) is 11.3 Å². The maximum Gasteiger partial charge on any atom is 0.0720 e. The summed E-state index contributed by atoms with van der Waals surface area (Å²) in [5.74, 6) is 5.04. The molecule has 0 atom stereocenters. The molecule has 3 heteroatoms. The number of nitrogens with two attached hydrogens (primary N) is 1. The fourth-order valence-corrected chi connectivity index (χ4v) is 1.59. The standard InChI is InChI=1S/C11H18N2O/c1-9-5-4-6-11(13(2)3)10(9)7-8-14-12/h4-6H,7-8,12H2,1-3H3. The number of hydrogen-bond donors (Lipinski definition) is 1. The van der Waals surface area contributed by atoms with E-state index in [0.29, 0.717) is 6.61 Å². The molecular weight excluding hydrogens is 176 g/mol. The number of rotatable bonds is 4. The van der Waals surface area contributed by atoms with Gasteiger partial charge in [-0.1, -0.05) is 12.1 Å². The molecule has 0 unspecified atom stereocenters. The maximum atomic E-state index is 5.04. The van der Waals surface area contributed by atoms with E-state index in [9.17, 15) is 0 Å². The normalized spacial score (nSPS) is 10.3. The number of nitrogens with zero attached hydrogens (tertiary/aromatic N) is 1. The molecular formula is C11H18N2O. The van der Waals surface area contributed by atoms with Crippen LogP contribution in [0, 0.1) is 6.92 Å². The van der Waals surface area contributed by atoms with Crippen molar-refractivity contribution >= 4 is 5.69 Å². The van der Waals surface area contributed by atoms with Crippen molar-refractivity contribution < 1.29 is 4.84 Å². The summed E-state index contributed by atoms with van der Waals surface area (Å²) in [5, 5.41) is 0. The second-order valence-electron chi connectivity index (χ2n) is 3.59. The summed E-state index contributed by atoms with van der Waals surface area (Å²) >= 11 is 0. The molecule has 0 bridgehead atoms. The van der Waals surface area contributed by atoms with Gasteiger partial charge in [-0.05, 0) is 24.1 Å². The number of aryl methyl sites for hydroxylation is 1. The van der Waals surface area contributed by atoms with Gasteiger partial charge in [-0.3, -0.25) is 0 Å². The Morgan fingerprint density at radius 2 is 2.07 bits per heavy atom. The van der Waals surface area contributed by atoms with E-state index in [4.69, 9.17) is 5.90 Å². The first-order valence-corrected chi connectivity index (χ1v) is 4.74. The molecule has 0 aliphatic rings. The predicted octanol–water partition coefficient (Wildman–Crippen LogP) is 1.49. The van der Waals surface area contributed by atoms with Crippen LogP contribution in [0.15, 0.2) is 18.2 Å². The molecule has 14 heavy (non-hydrogen) atoms. The average molecular weight is 194 g/mol. The molecule has 1 rings (SSSR count). The minimum absolute atomic E-state index is 0.561. The van der Waals surface area contributed by atoms with Crippen molar-refractivity contribution in [3.63, 3.8) is 0 Å². The van der Waals surface area contributed by atoms with Crippen LogP contribution in [0.25, 0.3) is 0 Å². The molecule has 2 N–H and O–H groups in total. The Morgan fingerprint density at radius 1 is 1.36 bits per heavy atom. The van der Waals surface area contributed by atoms with E-state index in [2.05, 4.69) is 34.9 Å². The summed E-state index contributed by atoms with van der Waals surface area (Å²) in [4.78, 5) is 6.73. The summed E-state index contributed by atoms with van der Waals surface area (Å²) < 4.78 is 0. The Labute approximate surface area is 85.4 Å². The van der Waals surface area contributed by atoms with Crippen LogP contribution in [0.3, 0.4) is 0 Å². The number of anilines is 1. The van der Waals surface area contributed by atoms with Crippen molar-refractivity contribution in [2.75, 3.05) is 25.6 Å². The van der Waals surface area contributed by atoms with Gasteiger partial charge in [0.15, 0.2) is 0 Å².